The summed E-state index contributed by atoms with van der Waals surface area (Å²) in [4.78, 5) is 22.8. The van der Waals surface area contributed by atoms with E-state index in [2.05, 4.69) is 0 Å². The number of non-ortho nitro benzene ring substituents is 1. The number of benzene rings is 2. The zero-order valence-corrected chi connectivity index (χ0v) is 18.3. The van der Waals surface area contributed by atoms with Gasteiger partial charge >= 0.3 is 6.09 Å². The van der Waals surface area contributed by atoms with E-state index < -0.39 is 32.7 Å². The SMILES string of the molecule is C[C@@H](CCc1ccccc1)N(C(=O)OC(C)(C)C)S(=O)(=O)c1ccc([N+](=O)[O-])cc1. The van der Waals surface area contributed by atoms with E-state index in [1.807, 2.05) is 30.3 Å². The van der Waals surface area contributed by atoms with Gasteiger partial charge < -0.3 is 4.74 Å². The highest BCUT2D eigenvalue weighted by Crippen LogP contribution is 2.25. The summed E-state index contributed by atoms with van der Waals surface area (Å²) in [5.41, 5.74) is -0.115. The third kappa shape index (κ3) is 6.03. The minimum absolute atomic E-state index is 0.217. The van der Waals surface area contributed by atoms with Crippen molar-refractivity contribution in [1.82, 2.24) is 4.31 Å². The van der Waals surface area contributed by atoms with Gasteiger partial charge in [-0.1, -0.05) is 30.3 Å². The Morgan fingerprint density at radius 3 is 2.17 bits per heavy atom. The van der Waals surface area contributed by atoms with Gasteiger partial charge in [-0.3, -0.25) is 10.1 Å². The number of hydrogen-bond acceptors (Lipinski definition) is 6. The van der Waals surface area contributed by atoms with Gasteiger partial charge in [-0.05, 0) is 58.2 Å². The van der Waals surface area contributed by atoms with E-state index in [0.717, 1.165) is 34.1 Å². The lowest BCUT2D eigenvalue weighted by atomic mass is 10.1. The Kier molecular flexibility index (Phi) is 7.20. The van der Waals surface area contributed by atoms with E-state index in [4.69, 9.17) is 4.74 Å². The summed E-state index contributed by atoms with van der Waals surface area (Å²) >= 11 is 0. The van der Waals surface area contributed by atoms with E-state index in [0.29, 0.717) is 12.8 Å². The van der Waals surface area contributed by atoms with E-state index in [9.17, 15) is 23.3 Å². The van der Waals surface area contributed by atoms with E-state index in [1.165, 1.54) is 0 Å². The second-order valence-electron chi connectivity index (χ2n) is 7.91. The van der Waals surface area contributed by atoms with Crippen LogP contribution in [0.5, 0.6) is 0 Å². The van der Waals surface area contributed by atoms with Crippen molar-refractivity contribution in [3.63, 3.8) is 0 Å². The molecule has 1 atom stereocenters. The fourth-order valence-electron chi connectivity index (χ4n) is 2.81. The number of nitro benzene ring substituents is 1. The van der Waals surface area contributed by atoms with E-state index in [1.54, 1.807) is 27.7 Å². The second kappa shape index (κ2) is 9.25. The summed E-state index contributed by atoms with van der Waals surface area (Å²) < 4.78 is 32.6. The molecule has 2 aromatic carbocycles. The van der Waals surface area contributed by atoms with Gasteiger partial charge in [-0.2, -0.15) is 4.31 Å². The van der Waals surface area contributed by atoms with Gasteiger partial charge in [0.05, 0.1) is 9.82 Å². The predicted molar refractivity (Wildman–Crippen MR) is 113 cm³/mol. The highest BCUT2D eigenvalue weighted by atomic mass is 32.2. The van der Waals surface area contributed by atoms with Gasteiger partial charge in [-0.25, -0.2) is 13.2 Å². The zero-order chi connectivity index (χ0) is 22.5. The van der Waals surface area contributed by atoms with Gasteiger partial charge in [0.1, 0.15) is 5.60 Å². The van der Waals surface area contributed by atoms with Crippen LogP contribution in [0.4, 0.5) is 10.5 Å². The number of amides is 1. The van der Waals surface area contributed by atoms with Crippen molar-refractivity contribution >= 4 is 21.8 Å². The molecule has 0 unspecified atom stereocenters. The highest BCUT2D eigenvalue weighted by molar-refractivity contribution is 7.89. The lowest BCUT2D eigenvalue weighted by molar-refractivity contribution is -0.384. The topological polar surface area (TPSA) is 107 Å². The molecule has 30 heavy (non-hydrogen) atoms. The number of aryl methyl sites for hydroxylation is 1. The molecule has 8 nitrogen and oxygen atoms in total. The van der Waals surface area contributed by atoms with Crippen molar-refractivity contribution in [2.45, 2.75) is 57.1 Å². The summed E-state index contributed by atoms with van der Waals surface area (Å²) in [6, 6.07) is 13.2. The second-order valence-corrected chi connectivity index (χ2v) is 9.72. The number of sulfonamides is 1. The lowest BCUT2D eigenvalue weighted by Crippen LogP contribution is -2.46. The molecule has 162 valence electrons. The lowest BCUT2D eigenvalue weighted by Gasteiger charge is -2.31. The zero-order valence-electron chi connectivity index (χ0n) is 17.4. The first-order valence-corrected chi connectivity index (χ1v) is 10.9. The smallest absolute Gasteiger partial charge is 0.424 e. The first kappa shape index (κ1) is 23.3. The molecule has 0 aliphatic heterocycles. The van der Waals surface area contributed by atoms with Crippen LogP contribution in [0.25, 0.3) is 0 Å². The van der Waals surface area contributed by atoms with Crippen LogP contribution in [0.2, 0.25) is 0 Å². The molecular weight excluding hydrogens is 408 g/mol. The molecule has 0 aliphatic carbocycles. The number of carbonyl (C=O) groups is 1. The number of rotatable bonds is 7. The Morgan fingerprint density at radius 1 is 1.10 bits per heavy atom. The van der Waals surface area contributed by atoms with Crippen LogP contribution in [0.3, 0.4) is 0 Å². The largest absolute Gasteiger partial charge is 0.443 e. The van der Waals surface area contributed by atoms with Crippen LogP contribution in [-0.4, -0.2) is 35.4 Å². The molecule has 0 aromatic heterocycles. The van der Waals surface area contributed by atoms with Gasteiger partial charge in [-0.15, -0.1) is 0 Å². The first-order chi connectivity index (χ1) is 13.9. The monoisotopic (exact) mass is 434 g/mol. The van der Waals surface area contributed by atoms with Crippen molar-refractivity contribution in [3.8, 4) is 0 Å². The Bertz CT molecular complexity index is 982. The number of nitro groups is 1. The fraction of sp³-hybridized carbons (Fsp3) is 0.381. The minimum Gasteiger partial charge on any atom is -0.443 e. The summed E-state index contributed by atoms with van der Waals surface area (Å²) in [5.74, 6) is 0. The molecule has 0 N–H and O–H groups in total. The third-order valence-corrected chi connectivity index (χ3v) is 6.17. The Labute approximate surface area is 176 Å². The number of nitrogens with zero attached hydrogens (tertiary/aromatic N) is 2. The fourth-order valence-corrected chi connectivity index (χ4v) is 4.33. The number of hydrogen-bond donors (Lipinski definition) is 0. The average Bonchev–Trinajstić information content (AvgIpc) is 2.65. The van der Waals surface area contributed by atoms with Crippen molar-refractivity contribution in [3.05, 3.63) is 70.3 Å². The molecule has 9 heteroatoms. The summed E-state index contributed by atoms with van der Waals surface area (Å²) in [7, 11) is -4.28. The average molecular weight is 435 g/mol. The van der Waals surface area contributed by atoms with Crippen molar-refractivity contribution in [2.24, 2.45) is 0 Å². The van der Waals surface area contributed by atoms with Crippen LogP contribution < -0.4 is 0 Å². The Balaban J connectivity index is 2.35. The van der Waals surface area contributed by atoms with E-state index >= 15 is 0 Å². The molecule has 0 fully saturated rings. The summed E-state index contributed by atoms with van der Waals surface area (Å²) in [5, 5.41) is 10.9. The van der Waals surface area contributed by atoms with E-state index in [-0.39, 0.29) is 10.6 Å². The van der Waals surface area contributed by atoms with Gasteiger partial charge in [0.2, 0.25) is 0 Å². The molecule has 0 saturated carbocycles. The molecule has 1 amide bonds. The molecule has 0 spiro atoms. The Hall–Kier alpha value is -2.94. The summed E-state index contributed by atoms with van der Waals surface area (Å²) in [6.45, 7) is 6.58. The normalized spacial score (nSPS) is 12.8. The highest BCUT2D eigenvalue weighted by Gasteiger charge is 2.36. The molecular formula is C21H26N2O6S. The standard InChI is InChI=1S/C21H26N2O6S/c1-16(10-11-17-8-6-5-7-9-17)22(20(24)29-21(2,3)4)30(27,28)19-14-12-18(13-15-19)23(25)26/h5-9,12-16H,10-11H2,1-4H3/t16-/m0/s1. The van der Waals surface area contributed by atoms with Crippen molar-refractivity contribution < 1.29 is 22.9 Å². The van der Waals surface area contributed by atoms with Crippen LogP contribution in [0.1, 0.15) is 39.7 Å². The van der Waals surface area contributed by atoms with Crippen LogP contribution >= 0.6 is 0 Å². The molecule has 0 radical (unpaired) electrons. The molecule has 2 aromatic rings. The number of ether oxygens (including phenoxy) is 1. The van der Waals surface area contributed by atoms with Gasteiger partial charge in [0, 0.05) is 18.2 Å². The van der Waals surface area contributed by atoms with Gasteiger partial charge in [0.25, 0.3) is 15.7 Å². The predicted octanol–water partition coefficient (Wildman–Crippen LogP) is 4.54. The molecule has 2 rings (SSSR count). The molecule has 0 bridgehead atoms. The quantitative estimate of drug-likeness (QED) is 0.468. The third-order valence-electron chi connectivity index (χ3n) is 4.27. The summed E-state index contributed by atoms with van der Waals surface area (Å²) in [6.07, 6.45) is -0.0339. The van der Waals surface area contributed by atoms with Crippen LogP contribution in [-0.2, 0) is 21.2 Å². The van der Waals surface area contributed by atoms with Crippen LogP contribution in [0.15, 0.2) is 59.5 Å². The molecule has 0 heterocycles. The molecule has 0 aliphatic rings. The maximum Gasteiger partial charge on any atom is 0.424 e. The first-order valence-electron chi connectivity index (χ1n) is 9.47. The van der Waals surface area contributed by atoms with Crippen molar-refractivity contribution in [1.29, 1.82) is 0 Å². The van der Waals surface area contributed by atoms with Crippen molar-refractivity contribution in [2.75, 3.05) is 0 Å². The van der Waals surface area contributed by atoms with Crippen LogP contribution in [0, 0.1) is 10.1 Å². The Morgan fingerprint density at radius 2 is 1.67 bits per heavy atom. The minimum atomic E-state index is -4.28. The molecule has 0 saturated heterocycles. The maximum atomic E-state index is 13.2. The number of carbonyl (C=O) groups excluding carboxylic acids is 1. The maximum absolute atomic E-state index is 13.2. The van der Waals surface area contributed by atoms with Gasteiger partial charge in [0.15, 0.2) is 0 Å².